The molecule has 5 nitrogen and oxygen atoms in total. The molecule has 1 aromatic heterocycles. The molecule has 0 aromatic carbocycles. The number of nitrogens with zero attached hydrogens (tertiary/aromatic N) is 2. The summed E-state index contributed by atoms with van der Waals surface area (Å²) in [6.07, 6.45) is 6.87. The lowest BCUT2D eigenvalue weighted by molar-refractivity contribution is -0.134. The zero-order valence-corrected chi connectivity index (χ0v) is 12.0. The first-order chi connectivity index (χ1) is 10.2. The second-order valence-electron chi connectivity index (χ2n) is 6.66. The minimum Gasteiger partial charge on any atom is -0.355 e. The summed E-state index contributed by atoms with van der Waals surface area (Å²) < 4.78 is 0. The van der Waals surface area contributed by atoms with Crippen LogP contribution in [0.2, 0.25) is 0 Å². The molecule has 1 spiro atoms. The predicted molar refractivity (Wildman–Crippen MR) is 77.9 cm³/mol. The van der Waals surface area contributed by atoms with Crippen LogP contribution in [0.25, 0.3) is 0 Å². The first-order valence-electron chi connectivity index (χ1n) is 7.70. The molecule has 3 aliphatic rings. The van der Waals surface area contributed by atoms with E-state index >= 15 is 0 Å². The van der Waals surface area contributed by atoms with Crippen LogP contribution in [0.4, 0.5) is 5.82 Å². The third-order valence-electron chi connectivity index (χ3n) is 5.20. The summed E-state index contributed by atoms with van der Waals surface area (Å²) >= 11 is 0. The summed E-state index contributed by atoms with van der Waals surface area (Å²) in [6.45, 7) is 2.25. The van der Waals surface area contributed by atoms with E-state index in [1.807, 2.05) is 12.1 Å². The molecule has 1 aliphatic carbocycles. The number of aromatic nitrogens is 1. The molecule has 2 amide bonds. The number of anilines is 1. The van der Waals surface area contributed by atoms with Gasteiger partial charge in [-0.3, -0.25) is 14.9 Å². The highest BCUT2D eigenvalue weighted by Gasteiger charge is 2.47. The molecule has 0 bridgehead atoms. The fourth-order valence-electron chi connectivity index (χ4n) is 3.72. The smallest absolute Gasteiger partial charge is 0.234 e. The Hall–Kier alpha value is -1.91. The fraction of sp³-hybridized carbons (Fsp3) is 0.562. The number of carbonyl (C=O) groups is 2. The Morgan fingerprint density at radius 3 is 2.62 bits per heavy atom. The van der Waals surface area contributed by atoms with E-state index in [4.69, 9.17) is 0 Å². The van der Waals surface area contributed by atoms with Crippen molar-refractivity contribution in [1.29, 1.82) is 0 Å². The SMILES string of the molecule is O=C1CC[C@H](c2ccc(N3CC4(CCC4)C3)nc2)C(=O)N1. The standard InChI is InChI=1S/C16H19N3O2/c20-14-5-3-12(15(21)18-14)11-2-4-13(17-8-11)19-9-16(10-19)6-1-7-16/h2,4,8,12H,1,3,5-7,9-10H2,(H,18,20,21)/t12-/m1/s1. The molecule has 110 valence electrons. The first kappa shape index (κ1) is 12.8. The Kier molecular flexibility index (Phi) is 2.77. The number of pyridine rings is 1. The largest absolute Gasteiger partial charge is 0.355 e. The van der Waals surface area contributed by atoms with E-state index < -0.39 is 0 Å². The highest BCUT2D eigenvalue weighted by molar-refractivity contribution is 6.00. The Morgan fingerprint density at radius 2 is 2.05 bits per heavy atom. The zero-order valence-electron chi connectivity index (χ0n) is 12.0. The number of piperidine rings is 1. The number of amides is 2. The van der Waals surface area contributed by atoms with E-state index in [-0.39, 0.29) is 17.7 Å². The van der Waals surface area contributed by atoms with Crippen molar-refractivity contribution >= 4 is 17.6 Å². The molecule has 2 aliphatic heterocycles. The fourth-order valence-corrected chi connectivity index (χ4v) is 3.72. The molecule has 0 radical (unpaired) electrons. The maximum absolute atomic E-state index is 11.9. The Bertz CT molecular complexity index is 584. The second-order valence-corrected chi connectivity index (χ2v) is 6.66. The normalized spacial score (nSPS) is 27.0. The van der Waals surface area contributed by atoms with Crippen molar-refractivity contribution in [1.82, 2.24) is 10.3 Å². The van der Waals surface area contributed by atoms with Crippen LogP contribution in [0.5, 0.6) is 0 Å². The molecule has 0 unspecified atom stereocenters. The van der Waals surface area contributed by atoms with E-state index in [0.29, 0.717) is 18.3 Å². The van der Waals surface area contributed by atoms with Gasteiger partial charge in [-0.2, -0.15) is 0 Å². The zero-order chi connectivity index (χ0) is 14.4. The summed E-state index contributed by atoms with van der Waals surface area (Å²) in [6, 6.07) is 3.98. The number of nitrogens with one attached hydrogen (secondary N) is 1. The van der Waals surface area contributed by atoms with Gasteiger partial charge in [0, 0.05) is 31.1 Å². The minimum atomic E-state index is -0.237. The number of carbonyl (C=O) groups excluding carboxylic acids is 2. The van der Waals surface area contributed by atoms with Crippen LogP contribution in [-0.2, 0) is 9.59 Å². The molecule has 2 saturated heterocycles. The lowest BCUT2D eigenvalue weighted by Crippen LogP contribution is -2.60. The van der Waals surface area contributed by atoms with Crippen molar-refractivity contribution in [2.75, 3.05) is 18.0 Å². The topological polar surface area (TPSA) is 62.3 Å². The molecule has 1 N–H and O–H groups in total. The van der Waals surface area contributed by atoms with Gasteiger partial charge in [0.2, 0.25) is 11.8 Å². The van der Waals surface area contributed by atoms with Gasteiger partial charge >= 0.3 is 0 Å². The molecule has 5 heteroatoms. The van der Waals surface area contributed by atoms with E-state index in [2.05, 4.69) is 15.2 Å². The lowest BCUT2D eigenvalue weighted by Gasteiger charge is -2.56. The Labute approximate surface area is 123 Å². The third kappa shape index (κ3) is 2.11. The van der Waals surface area contributed by atoms with Crippen molar-refractivity contribution < 1.29 is 9.59 Å². The molecule has 21 heavy (non-hydrogen) atoms. The summed E-state index contributed by atoms with van der Waals surface area (Å²) in [7, 11) is 0. The molecular formula is C16H19N3O2. The number of imide groups is 1. The number of rotatable bonds is 2. The Morgan fingerprint density at radius 1 is 1.24 bits per heavy atom. The summed E-state index contributed by atoms with van der Waals surface area (Å²) in [5.41, 5.74) is 1.49. The molecule has 1 atom stereocenters. The molecule has 1 aromatic rings. The summed E-state index contributed by atoms with van der Waals surface area (Å²) in [4.78, 5) is 29.9. The molecule has 1 saturated carbocycles. The molecule has 3 fully saturated rings. The van der Waals surface area contributed by atoms with Gasteiger partial charge < -0.3 is 4.90 Å². The number of hydrogen-bond donors (Lipinski definition) is 1. The lowest BCUT2D eigenvalue weighted by atomic mass is 9.63. The monoisotopic (exact) mass is 285 g/mol. The number of hydrogen-bond acceptors (Lipinski definition) is 4. The van der Waals surface area contributed by atoms with Gasteiger partial charge in [0.05, 0.1) is 5.92 Å². The van der Waals surface area contributed by atoms with E-state index in [1.165, 1.54) is 19.3 Å². The van der Waals surface area contributed by atoms with Crippen LogP contribution in [0, 0.1) is 5.41 Å². The molecule has 3 heterocycles. The summed E-state index contributed by atoms with van der Waals surface area (Å²) in [5.74, 6) is 0.396. The maximum atomic E-state index is 11.9. The van der Waals surface area contributed by atoms with Crippen LogP contribution in [0.3, 0.4) is 0 Å². The third-order valence-corrected chi connectivity index (χ3v) is 5.20. The summed E-state index contributed by atoms with van der Waals surface area (Å²) in [5, 5.41) is 2.40. The predicted octanol–water partition coefficient (Wildman–Crippen LogP) is 1.59. The van der Waals surface area contributed by atoms with Crippen LogP contribution in [0.15, 0.2) is 18.3 Å². The van der Waals surface area contributed by atoms with Crippen LogP contribution >= 0.6 is 0 Å². The average Bonchev–Trinajstić information content (AvgIpc) is 2.36. The molecule has 4 rings (SSSR count). The van der Waals surface area contributed by atoms with Gasteiger partial charge in [-0.1, -0.05) is 12.5 Å². The van der Waals surface area contributed by atoms with Crippen LogP contribution in [0.1, 0.15) is 43.6 Å². The molecular weight excluding hydrogens is 266 g/mol. The Balaban J connectivity index is 1.44. The average molecular weight is 285 g/mol. The van der Waals surface area contributed by atoms with Crippen molar-refractivity contribution in [3.63, 3.8) is 0 Å². The van der Waals surface area contributed by atoms with Gasteiger partial charge in [-0.05, 0) is 30.9 Å². The second kappa shape index (κ2) is 4.55. The van der Waals surface area contributed by atoms with Crippen molar-refractivity contribution in [2.45, 2.75) is 38.0 Å². The van der Waals surface area contributed by atoms with Crippen LogP contribution in [-0.4, -0.2) is 29.9 Å². The highest BCUT2D eigenvalue weighted by Crippen LogP contribution is 2.49. The highest BCUT2D eigenvalue weighted by atomic mass is 16.2. The van der Waals surface area contributed by atoms with Gasteiger partial charge in [-0.25, -0.2) is 4.98 Å². The van der Waals surface area contributed by atoms with Crippen molar-refractivity contribution in [3.05, 3.63) is 23.9 Å². The van der Waals surface area contributed by atoms with Gasteiger partial charge in [0.25, 0.3) is 0 Å². The van der Waals surface area contributed by atoms with Gasteiger partial charge in [0.1, 0.15) is 5.82 Å². The van der Waals surface area contributed by atoms with Crippen molar-refractivity contribution in [2.24, 2.45) is 5.41 Å². The van der Waals surface area contributed by atoms with Gasteiger partial charge in [0.15, 0.2) is 0 Å². The first-order valence-corrected chi connectivity index (χ1v) is 7.70. The quantitative estimate of drug-likeness (QED) is 0.838. The van der Waals surface area contributed by atoms with Crippen molar-refractivity contribution in [3.8, 4) is 0 Å². The maximum Gasteiger partial charge on any atom is 0.234 e. The minimum absolute atomic E-state index is 0.174. The van der Waals surface area contributed by atoms with E-state index in [0.717, 1.165) is 24.5 Å². The van der Waals surface area contributed by atoms with Gasteiger partial charge in [-0.15, -0.1) is 0 Å². The van der Waals surface area contributed by atoms with E-state index in [1.54, 1.807) is 6.20 Å². The van der Waals surface area contributed by atoms with E-state index in [9.17, 15) is 9.59 Å². The van der Waals surface area contributed by atoms with Crippen LogP contribution < -0.4 is 10.2 Å².